The number of alkyl carbamates (subject to hydrolysis) is 1. The van der Waals surface area contributed by atoms with Crippen LogP contribution in [-0.2, 0) is 14.3 Å². The lowest BCUT2D eigenvalue weighted by Crippen LogP contribution is -2.37. The van der Waals surface area contributed by atoms with Gasteiger partial charge >= 0.3 is 12.1 Å². The summed E-state index contributed by atoms with van der Waals surface area (Å²) in [4.78, 5) is 35.5. The van der Waals surface area contributed by atoms with Crippen molar-refractivity contribution in [3.63, 3.8) is 0 Å². The fourth-order valence-electron chi connectivity index (χ4n) is 4.57. The molecule has 0 heterocycles. The first-order chi connectivity index (χ1) is 15.9. The van der Waals surface area contributed by atoms with Crippen molar-refractivity contribution in [3.05, 3.63) is 71.8 Å². The summed E-state index contributed by atoms with van der Waals surface area (Å²) < 4.78 is 5.57. The summed E-state index contributed by atoms with van der Waals surface area (Å²) in [5.41, 5.74) is 4.65. The van der Waals surface area contributed by atoms with E-state index in [0.29, 0.717) is 13.0 Å². The molecule has 3 unspecified atom stereocenters. The summed E-state index contributed by atoms with van der Waals surface area (Å²) in [5.74, 6) is -1.56. The Kier molecular flexibility index (Phi) is 6.77. The molecule has 7 heteroatoms. The minimum Gasteiger partial charge on any atom is -0.481 e. The number of ether oxygens (including phenoxy) is 1. The first-order valence-corrected chi connectivity index (χ1v) is 11.2. The lowest BCUT2D eigenvalue weighted by Gasteiger charge is -2.17. The van der Waals surface area contributed by atoms with E-state index in [-0.39, 0.29) is 42.7 Å². The van der Waals surface area contributed by atoms with Crippen LogP contribution in [0.5, 0.6) is 0 Å². The third-order valence-electron chi connectivity index (χ3n) is 6.22. The third-order valence-corrected chi connectivity index (χ3v) is 6.22. The summed E-state index contributed by atoms with van der Waals surface area (Å²) in [7, 11) is 0. The van der Waals surface area contributed by atoms with Crippen LogP contribution in [0.1, 0.15) is 36.8 Å². The molecule has 3 N–H and O–H groups in total. The normalized spacial score (nSPS) is 19.4. The van der Waals surface area contributed by atoms with Gasteiger partial charge in [-0.2, -0.15) is 0 Å². The highest BCUT2D eigenvalue weighted by Crippen LogP contribution is 2.44. The van der Waals surface area contributed by atoms with Crippen LogP contribution < -0.4 is 10.6 Å². The molecule has 4 rings (SSSR count). The molecule has 0 radical (unpaired) electrons. The average Bonchev–Trinajstić information content (AvgIpc) is 3.38. The van der Waals surface area contributed by atoms with Crippen LogP contribution in [0.4, 0.5) is 4.79 Å². The van der Waals surface area contributed by atoms with Crippen LogP contribution >= 0.6 is 0 Å². The van der Waals surface area contributed by atoms with E-state index < -0.39 is 12.1 Å². The number of amides is 2. The first kappa shape index (κ1) is 22.6. The second kappa shape index (κ2) is 9.90. The molecule has 0 saturated carbocycles. The number of nitrogens with one attached hydrogen (secondary N) is 2. The number of hydrogen-bond donors (Lipinski definition) is 3. The van der Waals surface area contributed by atoms with Crippen molar-refractivity contribution in [1.29, 1.82) is 0 Å². The minimum atomic E-state index is -0.884. The van der Waals surface area contributed by atoms with Gasteiger partial charge in [0, 0.05) is 18.9 Å². The second-order valence-corrected chi connectivity index (χ2v) is 8.75. The van der Waals surface area contributed by atoms with Crippen LogP contribution in [0, 0.1) is 11.8 Å². The number of carbonyl (C=O) groups is 3. The van der Waals surface area contributed by atoms with Crippen LogP contribution in [0.15, 0.2) is 60.7 Å². The second-order valence-electron chi connectivity index (χ2n) is 8.75. The number of rotatable bonds is 8. The van der Waals surface area contributed by atoms with Gasteiger partial charge in [-0.05, 0) is 34.6 Å². The fourth-order valence-corrected chi connectivity index (χ4v) is 4.57. The first-order valence-electron chi connectivity index (χ1n) is 11.2. The number of hydrogen-bond acceptors (Lipinski definition) is 4. The van der Waals surface area contributed by atoms with E-state index in [0.717, 1.165) is 11.1 Å². The van der Waals surface area contributed by atoms with E-state index in [1.165, 1.54) is 11.1 Å². The molecule has 2 aliphatic rings. The molecular formula is C26H28N2O5. The summed E-state index contributed by atoms with van der Waals surface area (Å²) in [6.07, 6.45) is 3.51. The van der Waals surface area contributed by atoms with Crippen molar-refractivity contribution in [1.82, 2.24) is 10.6 Å². The molecule has 2 aromatic carbocycles. The maximum atomic E-state index is 12.5. The van der Waals surface area contributed by atoms with Gasteiger partial charge in [0.1, 0.15) is 6.61 Å². The largest absolute Gasteiger partial charge is 0.481 e. The Morgan fingerprint density at radius 2 is 1.67 bits per heavy atom. The highest BCUT2D eigenvalue weighted by Gasteiger charge is 2.30. The smallest absolute Gasteiger partial charge is 0.407 e. The van der Waals surface area contributed by atoms with E-state index in [4.69, 9.17) is 9.84 Å². The highest BCUT2D eigenvalue weighted by molar-refractivity contribution is 5.81. The molecule has 0 aliphatic heterocycles. The number of benzene rings is 2. The molecule has 3 atom stereocenters. The van der Waals surface area contributed by atoms with Crippen molar-refractivity contribution < 1.29 is 24.2 Å². The van der Waals surface area contributed by atoms with Crippen molar-refractivity contribution in [2.24, 2.45) is 11.8 Å². The van der Waals surface area contributed by atoms with Crippen molar-refractivity contribution in [2.45, 2.75) is 31.7 Å². The zero-order valence-corrected chi connectivity index (χ0v) is 18.5. The van der Waals surface area contributed by atoms with Crippen molar-refractivity contribution in [3.8, 4) is 11.1 Å². The highest BCUT2D eigenvalue weighted by atomic mass is 16.5. The Balaban J connectivity index is 1.26. The predicted molar refractivity (Wildman–Crippen MR) is 124 cm³/mol. The maximum Gasteiger partial charge on any atom is 0.407 e. The number of aliphatic carboxylic acids is 1. The van der Waals surface area contributed by atoms with Gasteiger partial charge in [0.15, 0.2) is 0 Å². The lowest BCUT2D eigenvalue weighted by molar-refractivity contribution is -0.138. The Labute approximate surface area is 192 Å². The SMILES string of the molecule is CC(CNC(=O)C1C=CC(NC(=O)OCC2c3ccccc3-c3ccccc32)C1)CC(=O)O. The molecule has 2 amide bonds. The van der Waals surface area contributed by atoms with Gasteiger partial charge < -0.3 is 20.5 Å². The van der Waals surface area contributed by atoms with Gasteiger partial charge in [-0.1, -0.05) is 67.6 Å². The van der Waals surface area contributed by atoms with Crippen LogP contribution in [0.2, 0.25) is 0 Å². The number of carbonyl (C=O) groups excluding carboxylic acids is 2. The maximum absolute atomic E-state index is 12.5. The topological polar surface area (TPSA) is 105 Å². The van der Waals surface area contributed by atoms with E-state index in [1.54, 1.807) is 19.1 Å². The van der Waals surface area contributed by atoms with E-state index in [9.17, 15) is 14.4 Å². The third kappa shape index (κ3) is 5.25. The summed E-state index contributed by atoms with van der Waals surface area (Å²) in [5, 5.41) is 14.4. The summed E-state index contributed by atoms with van der Waals surface area (Å²) in [6.45, 7) is 2.32. The number of fused-ring (bicyclic) bond motifs is 3. The van der Waals surface area contributed by atoms with Gasteiger partial charge in [-0.25, -0.2) is 4.79 Å². The van der Waals surface area contributed by atoms with Crippen molar-refractivity contribution in [2.75, 3.05) is 13.2 Å². The zero-order chi connectivity index (χ0) is 23.4. The Morgan fingerprint density at radius 1 is 1.03 bits per heavy atom. The van der Waals surface area contributed by atoms with E-state index >= 15 is 0 Å². The Hall–Kier alpha value is -3.61. The molecule has 0 saturated heterocycles. The average molecular weight is 449 g/mol. The van der Waals surface area contributed by atoms with Crippen molar-refractivity contribution >= 4 is 18.0 Å². The lowest BCUT2D eigenvalue weighted by atomic mass is 9.98. The summed E-state index contributed by atoms with van der Waals surface area (Å²) in [6, 6.07) is 16.0. The van der Waals surface area contributed by atoms with Gasteiger partial charge in [0.25, 0.3) is 0 Å². The molecule has 0 aromatic heterocycles. The molecule has 2 aliphatic carbocycles. The zero-order valence-electron chi connectivity index (χ0n) is 18.5. The quantitative estimate of drug-likeness (QED) is 0.534. The fraction of sp³-hybridized carbons (Fsp3) is 0.346. The monoisotopic (exact) mass is 448 g/mol. The summed E-state index contributed by atoms with van der Waals surface area (Å²) >= 11 is 0. The molecule has 0 bridgehead atoms. The van der Waals surface area contributed by atoms with Crippen LogP contribution in [0.25, 0.3) is 11.1 Å². The van der Waals surface area contributed by atoms with Gasteiger partial charge in [0.2, 0.25) is 5.91 Å². The molecule has 33 heavy (non-hydrogen) atoms. The molecular weight excluding hydrogens is 420 g/mol. The standard InChI is InChI=1S/C26H28N2O5/c1-16(12-24(29)30)14-27-25(31)17-10-11-18(13-17)28-26(32)33-15-23-21-8-4-2-6-19(21)20-7-3-5-9-22(20)23/h2-11,16-18,23H,12-15H2,1H3,(H,27,31)(H,28,32)(H,29,30). The predicted octanol–water partition coefficient (Wildman–Crippen LogP) is 3.70. The molecule has 2 aromatic rings. The Morgan fingerprint density at radius 3 is 2.30 bits per heavy atom. The van der Waals surface area contributed by atoms with Gasteiger partial charge in [-0.15, -0.1) is 0 Å². The number of carboxylic acids is 1. The van der Waals surface area contributed by atoms with E-state index in [1.807, 2.05) is 24.3 Å². The molecule has 0 fully saturated rings. The van der Waals surface area contributed by atoms with Crippen LogP contribution in [0.3, 0.4) is 0 Å². The molecule has 172 valence electrons. The van der Waals surface area contributed by atoms with E-state index in [2.05, 4.69) is 34.9 Å². The molecule has 7 nitrogen and oxygen atoms in total. The Bertz CT molecular complexity index is 1030. The van der Waals surface area contributed by atoms with Crippen LogP contribution in [-0.4, -0.2) is 42.3 Å². The van der Waals surface area contributed by atoms with Gasteiger partial charge in [0.05, 0.1) is 12.0 Å². The number of carboxylic acid groups (broad SMARTS) is 1. The molecule has 0 spiro atoms. The van der Waals surface area contributed by atoms with Gasteiger partial charge in [-0.3, -0.25) is 9.59 Å². The minimum absolute atomic E-state index is 0.00594.